The summed E-state index contributed by atoms with van der Waals surface area (Å²) >= 11 is 3.48. The maximum Gasteiger partial charge on any atom is 0.239 e. The Kier molecular flexibility index (Phi) is 7.32. The van der Waals surface area contributed by atoms with E-state index < -0.39 is 0 Å². The second-order valence-electron chi connectivity index (χ2n) is 7.68. The van der Waals surface area contributed by atoms with Crippen LogP contribution in [0.15, 0.2) is 33.7 Å². The summed E-state index contributed by atoms with van der Waals surface area (Å²) in [6.45, 7) is 9.05. The number of carbonyl (C=O) groups is 1. The molecule has 1 aromatic carbocycles. The second-order valence-corrected chi connectivity index (χ2v) is 8.60. The molecule has 1 heterocycles. The van der Waals surface area contributed by atoms with E-state index in [1.54, 1.807) is 7.05 Å². The summed E-state index contributed by atoms with van der Waals surface area (Å²) in [6.07, 6.45) is 1.14. The number of hydrogen-bond donors (Lipinski definition) is 3. The highest BCUT2D eigenvalue weighted by molar-refractivity contribution is 9.10. The summed E-state index contributed by atoms with van der Waals surface area (Å²) in [5.41, 5.74) is 1.04. The van der Waals surface area contributed by atoms with Gasteiger partial charge in [0.25, 0.3) is 0 Å². The number of anilines is 1. The minimum Gasteiger partial charge on any atom is -0.371 e. The molecule has 26 heavy (non-hydrogen) atoms. The van der Waals surface area contributed by atoms with Gasteiger partial charge in [-0.1, -0.05) is 15.9 Å². The molecule has 3 N–H and O–H groups in total. The van der Waals surface area contributed by atoms with E-state index in [1.165, 1.54) is 5.69 Å². The Morgan fingerprint density at radius 3 is 2.58 bits per heavy atom. The van der Waals surface area contributed by atoms with E-state index in [1.807, 2.05) is 20.8 Å². The smallest absolute Gasteiger partial charge is 0.239 e. The number of amides is 1. The van der Waals surface area contributed by atoms with Crippen molar-refractivity contribution in [1.82, 2.24) is 16.0 Å². The van der Waals surface area contributed by atoms with Gasteiger partial charge in [-0.15, -0.1) is 0 Å². The number of halogens is 1. The van der Waals surface area contributed by atoms with Crippen molar-refractivity contribution in [2.75, 3.05) is 38.1 Å². The molecular formula is C19H30BrN5O. The van der Waals surface area contributed by atoms with Crippen LogP contribution in [0, 0.1) is 5.92 Å². The van der Waals surface area contributed by atoms with Gasteiger partial charge in [-0.3, -0.25) is 9.79 Å². The third-order valence-corrected chi connectivity index (χ3v) is 4.72. The summed E-state index contributed by atoms with van der Waals surface area (Å²) < 4.78 is 1.10. The van der Waals surface area contributed by atoms with Crippen LogP contribution in [0.1, 0.15) is 27.2 Å². The first kappa shape index (κ1) is 20.6. The molecule has 1 atom stereocenters. The van der Waals surface area contributed by atoms with Gasteiger partial charge in [0.2, 0.25) is 5.91 Å². The number of nitrogens with zero attached hydrogens (tertiary/aromatic N) is 2. The lowest BCUT2D eigenvalue weighted by Gasteiger charge is -2.21. The molecule has 0 saturated carbocycles. The minimum atomic E-state index is -0.226. The molecule has 1 saturated heterocycles. The van der Waals surface area contributed by atoms with Crippen LogP contribution in [-0.2, 0) is 4.79 Å². The number of guanidine groups is 1. The molecule has 1 unspecified atom stereocenters. The van der Waals surface area contributed by atoms with E-state index in [9.17, 15) is 4.79 Å². The van der Waals surface area contributed by atoms with Gasteiger partial charge in [0, 0.05) is 42.4 Å². The molecule has 0 bridgehead atoms. The zero-order valence-electron chi connectivity index (χ0n) is 16.1. The summed E-state index contributed by atoms with van der Waals surface area (Å²) in [6, 6.07) is 8.45. The Morgan fingerprint density at radius 2 is 1.96 bits per heavy atom. The van der Waals surface area contributed by atoms with Crippen molar-refractivity contribution in [3.63, 3.8) is 0 Å². The SMILES string of the molecule is CN=C(NCC(=O)NC(C)(C)C)NCC1CCN(c2ccc(Br)cc2)C1. The van der Waals surface area contributed by atoms with Crippen LogP contribution in [-0.4, -0.2) is 50.6 Å². The Bertz CT molecular complexity index is 624. The monoisotopic (exact) mass is 423 g/mol. The fourth-order valence-corrected chi connectivity index (χ4v) is 3.24. The van der Waals surface area contributed by atoms with Crippen LogP contribution in [0.4, 0.5) is 5.69 Å². The number of benzene rings is 1. The zero-order chi connectivity index (χ0) is 19.2. The first-order valence-corrected chi connectivity index (χ1v) is 9.82. The van der Waals surface area contributed by atoms with Crippen molar-refractivity contribution in [1.29, 1.82) is 0 Å². The fourth-order valence-electron chi connectivity index (χ4n) is 2.97. The van der Waals surface area contributed by atoms with Gasteiger partial charge in [-0.2, -0.15) is 0 Å². The predicted octanol–water partition coefficient (Wildman–Crippen LogP) is 2.36. The van der Waals surface area contributed by atoms with Crippen LogP contribution in [0.3, 0.4) is 0 Å². The second kappa shape index (κ2) is 9.26. The molecule has 1 aliphatic rings. The third-order valence-electron chi connectivity index (χ3n) is 4.19. The Hall–Kier alpha value is -1.76. The molecule has 1 aliphatic heterocycles. The molecule has 0 radical (unpaired) electrons. The molecule has 7 heteroatoms. The molecule has 6 nitrogen and oxygen atoms in total. The average molecular weight is 424 g/mol. The Labute approximate surface area is 165 Å². The molecule has 2 rings (SSSR count). The minimum absolute atomic E-state index is 0.0391. The van der Waals surface area contributed by atoms with Crippen LogP contribution < -0.4 is 20.9 Å². The van der Waals surface area contributed by atoms with E-state index in [0.29, 0.717) is 11.9 Å². The first-order chi connectivity index (χ1) is 12.3. The predicted molar refractivity (Wildman–Crippen MR) is 112 cm³/mol. The molecule has 144 valence electrons. The standard InChI is InChI=1S/C19H30BrN5O/c1-19(2,3)24-17(26)12-23-18(21-4)22-11-14-9-10-25(13-14)16-7-5-15(20)6-8-16/h5-8,14H,9-13H2,1-4H3,(H,24,26)(H2,21,22,23). The highest BCUT2D eigenvalue weighted by atomic mass is 79.9. The van der Waals surface area contributed by atoms with Crippen LogP contribution in [0.5, 0.6) is 0 Å². The summed E-state index contributed by atoms with van der Waals surface area (Å²) in [5.74, 6) is 1.18. The summed E-state index contributed by atoms with van der Waals surface area (Å²) in [5, 5.41) is 9.34. The van der Waals surface area contributed by atoms with Gasteiger partial charge in [-0.05, 0) is 57.4 Å². The first-order valence-electron chi connectivity index (χ1n) is 9.03. The molecule has 0 aliphatic carbocycles. The van der Waals surface area contributed by atoms with E-state index in [-0.39, 0.29) is 18.0 Å². The lowest BCUT2D eigenvalue weighted by Crippen LogP contribution is -2.48. The third kappa shape index (κ3) is 6.86. The lowest BCUT2D eigenvalue weighted by molar-refractivity contribution is -0.121. The Balaban J connectivity index is 1.73. The maximum atomic E-state index is 11.9. The average Bonchev–Trinajstić information content (AvgIpc) is 3.03. The van der Waals surface area contributed by atoms with Crippen LogP contribution in [0.25, 0.3) is 0 Å². The number of nitrogens with one attached hydrogen (secondary N) is 3. The quantitative estimate of drug-likeness (QED) is 0.502. The van der Waals surface area contributed by atoms with E-state index in [4.69, 9.17) is 0 Å². The van der Waals surface area contributed by atoms with Crippen molar-refractivity contribution < 1.29 is 4.79 Å². The normalized spacial score (nSPS) is 18.0. The van der Waals surface area contributed by atoms with Crippen LogP contribution in [0.2, 0.25) is 0 Å². The van der Waals surface area contributed by atoms with Crippen molar-refractivity contribution in [3.8, 4) is 0 Å². The lowest BCUT2D eigenvalue weighted by atomic mass is 10.1. The van der Waals surface area contributed by atoms with E-state index in [2.05, 4.69) is 66.0 Å². The maximum absolute atomic E-state index is 11.9. The number of aliphatic imine (C=N–C) groups is 1. The Morgan fingerprint density at radius 1 is 1.27 bits per heavy atom. The van der Waals surface area contributed by atoms with Crippen molar-refractivity contribution >= 4 is 33.5 Å². The van der Waals surface area contributed by atoms with Crippen molar-refractivity contribution in [3.05, 3.63) is 28.7 Å². The van der Waals surface area contributed by atoms with Crippen molar-refractivity contribution in [2.45, 2.75) is 32.7 Å². The van der Waals surface area contributed by atoms with Gasteiger partial charge < -0.3 is 20.9 Å². The van der Waals surface area contributed by atoms with Gasteiger partial charge in [0.1, 0.15) is 0 Å². The van der Waals surface area contributed by atoms with E-state index >= 15 is 0 Å². The molecule has 0 spiro atoms. The van der Waals surface area contributed by atoms with Gasteiger partial charge >= 0.3 is 0 Å². The molecular weight excluding hydrogens is 394 g/mol. The number of rotatable bonds is 5. The molecule has 0 aromatic heterocycles. The number of carbonyl (C=O) groups excluding carboxylic acids is 1. The van der Waals surface area contributed by atoms with Crippen LogP contribution >= 0.6 is 15.9 Å². The summed E-state index contributed by atoms with van der Waals surface area (Å²) in [7, 11) is 1.72. The van der Waals surface area contributed by atoms with Gasteiger partial charge in [-0.25, -0.2) is 0 Å². The molecule has 1 fully saturated rings. The van der Waals surface area contributed by atoms with E-state index in [0.717, 1.165) is 30.5 Å². The summed E-state index contributed by atoms with van der Waals surface area (Å²) in [4.78, 5) is 18.5. The highest BCUT2D eigenvalue weighted by Gasteiger charge is 2.23. The van der Waals surface area contributed by atoms with Gasteiger partial charge in [0.15, 0.2) is 5.96 Å². The number of hydrogen-bond acceptors (Lipinski definition) is 3. The van der Waals surface area contributed by atoms with Crippen molar-refractivity contribution in [2.24, 2.45) is 10.9 Å². The molecule has 1 aromatic rings. The van der Waals surface area contributed by atoms with Gasteiger partial charge in [0.05, 0.1) is 6.54 Å². The fraction of sp³-hybridized carbons (Fsp3) is 0.579. The zero-order valence-corrected chi connectivity index (χ0v) is 17.7. The topological polar surface area (TPSA) is 68.8 Å². The highest BCUT2D eigenvalue weighted by Crippen LogP contribution is 2.24. The largest absolute Gasteiger partial charge is 0.371 e. The molecule has 1 amide bonds.